The van der Waals surface area contributed by atoms with Gasteiger partial charge in [-0.3, -0.25) is 0 Å². The van der Waals surface area contributed by atoms with Crippen molar-refractivity contribution in [3.8, 4) is 0 Å². The molecule has 1 heterocycles. The first-order valence-electron chi connectivity index (χ1n) is 6.85. The molecule has 1 atom stereocenters. The topological polar surface area (TPSA) is 61.8 Å². The van der Waals surface area contributed by atoms with Crippen molar-refractivity contribution in [1.82, 2.24) is 4.90 Å². The number of nitrogens with one attached hydrogen (secondary N) is 1. The van der Waals surface area contributed by atoms with Gasteiger partial charge in [0.15, 0.2) is 0 Å². The lowest BCUT2D eigenvalue weighted by Gasteiger charge is -2.38. The molecule has 1 aliphatic heterocycles. The number of hydrogen-bond donors (Lipinski definition) is 2. The lowest BCUT2D eigenvalue weighted by Crippen LogP contribution is -2.51. The average Bonchev–Trinajstić information content (AvgIpc) is 2.37. The summed E-state index contributed by atoms with van der Waals surface area (Å²) in [4.78, 5) is 14.0. The molecule has 2 rings (SSSR count). The molecular weight excluding hydrogens is 256 g/mol. The minimum atomic E-state index is -0.547. The van der Waals surface area contributed by atoms with Crippen LogP contribution < -0.4 is 5.32 Å². The number of morpholine rings is 1. The number of rotatable bonds is 2. The summed E-state index contributed by atoms with van der Waals surface area (Å²) in [6, 6.07) is 7.12. The molecule has 5 nitrogen and oxygen atoms in total. The molecule has 1 saturated heterocycles. The van der Waals surface area contributed by atoms with Gasteiger partial charge in [-0.2, -0.15) is 0 Å². The first kappa shape index (κ1) is 14.8. The Labute approximate surface area is 119 Å². The van der Waals surface area contributed by atoms with Gasteiger partial charge in [0.05, 0.1) is 24.9 Å². The third-order valence-electron chi connectivity index (χ3n) is 3.33. The number of ether oxygens (including phenoxy) is 1. The van der Waals surface area contributed by atoms with Crippen LogP contribution in [0.1, 0.15) is 32.4 Å². The van der Waals surface area contributed by atoms with Crippen LogP contribution in [-0.2, 0) is 4.74 Å². The minimum absolute atomic E-state index is 0.135. The Bertz CT molecular complexity index is 486. The maximum absolute atomic E-state index is 12.2. The zero-order valence-electron chi connectivity index (χ0n) is 12.2. The Kier molecular flexibility index (Phi) is 4.30. The first-order chi connectivity index (χ1) is 9.37. The van der Waals surface area contributed by atoms with Crippen LogP contribution in [0, 0.1) is 0 Å². The number of anilines is 1. The fraction of sp³-hybridized carbons (Fsp3) is 0.533. The summed E-state index contributed by atoms with van der Waals surface area (Å²) >= 11 is 0. The van der Waals surface area contributed by atoms with Gasteiger partial charge in [0.25, 0.3) is 0 Å². The summed E-state index contributed by atoms with van der Waals surface area (Å²) in [6.45, 7) is 7.35. The molecule has 2 amide bonds. The number of hydrogen-bond acceptors (Lipinski definition) is 3. The van der Waals surface area contributed by atoms with Crippen molar-refractivity contribution >= 4 is 11.7 Å². The van der Waals surface area contributed by atoms with E-state index in [-0.39, 0.29) is 11.6 Å². The number of carbonyl (C=O) groups excluding carboxylic acids is 1. The van der Waals surface area contributed by atoms with E-state index < -0.39 is 6.10 Å². The fourth-order valence-electron chi connectivity index (χ4n) is 2.27. The molecule has 0 spiro atoms. The molecule has 110 valence electrons. The van der Waals surface area contributed by atoms with Gasteiger partial charge < -0.3 is 20.1 Å². The van der Waals surface area contributed by atoms with Crippen LogP contribution >= 0.6 is 0 Å². The third-order valence-corrected chi connectivity index (χ3v) is 3.33. The lowest BCUT2D eigenvalue weighted by atomic mass is 10.1. The zero-order chi connectivity index (χ0) is 14.8. The molecule has 0 bridgehead atoms. The van der Waals surface area contributed by atoms with Crippen molar-refractivity contribution in [3.05, 3.63) is 29.8 Å². The van der Waals surface area contributed by atoms with Gasteiger partial charge in [-0.1, -0.05) is 12.1 Å². The van der Waals surface area contributed by atoms with E-state index in [1.807, 2.05) is 32.0 Å². The predicted octanol–water partition coefficient (Wildman–Crippen LogP) is 2.38. The highest BCUT2D eigenvalue weighted by Gasteiger charge is 2.29. The van der Waals surface area contributed by atoms with Crippen LogP contribution in [0.15, 0.2) is 24.3 Å². The van der Waals surface area contributed by atoms with E-state index in [9.17, 15) is 9.90 Å². The normalized spacial score (nSPS) is 19.5. The standard InChI is InChI=1S/C15H22N2O3/c1-11(18)12-5-4-6-13(9-12)16-14(19)17-7-8-20-15(2,3)10-17/h4-6,9,11,18H,7-8,10H2,1-3H3,(H,16,19). The second kappa shape index (κ2) is 5.81. The third kappa shape index (κ3) is 3.71. The molecule has 1 aromatic rings. The minimum Gasteiger partial charge on any atom is -0.389 e. The highest BCUT2D eigenvalue weighted by Crippen LogP contribution is 2.20. The fourth-order valence-corrected chi connectivity index (χ4v) is 2.27. The van der Waals surface area contributed by atoms with E-state index in [1.165, 1.54) is 0 Å². The quantitative estimate of drug-likeness (QED) is 0.873. The molecular formula is C15H22N2O3. The van der Waals surface area contributed by atoms with Gasteiger partial charge in [-0.25, -0.2) is 4.79 Å². The van der Waals surface area contributed by atoms with Crippen molar-refractivity contribution in [2.24, 2.45) is 0 Å². The summed E-state index contributed by atoms with van der Waals surface area (Å²) in [5.41, 5.74) is 1.17. The van der Waals surface area contributed by atoms with Gasteiger partial charge in [0.2, 0.25) is 0 Å². The largest absolute Gasteiger partial charge is 0.389 e. The van der Waals surface area contributed by atoms with Crippen molar-refractivity contribution in [1.29, 1.82) is 0 Å². The number of benzene rings is 1. The maximum Gasteiger partial charge on any atom is 0.322 e. The molecule has 20 heavy (non-hydrogen) atoms. The number of amides is 2. The van der Waals surface area contributed by atoms with E-state index in [4.69, 9.17) is 4.74 Å². The molecule has 0 aliphatic carbocycles. The van der Waals surface area contributed by atoms with E-state index >= 15 is 0 Å². The smallest absolute Gasteiger partial charge is 0.322 e. The van der Waals surface area contributed by atoms with Crippen LogP contribution in [0.3, 0.4) is 0 Å². The molecule has 1 unspecified atom stereocenters. The summed E-state index contributed by atoms with van der Waals surface area (Å²) in [5.74, 6) is 0. The number of aliphatic hydroxyl groups excluding tert-OH is 1. The molecule has 2 N–H and O–H groups in total. The van der Waals surface area contributed by atoms with E-state index in [0.29, 0.717) is 25.4 Å². The highest BCUT2D eigenvalue weighted by molar-refractivity contribution is 5.89. The maximum atomic E-state index is 12.2. The van der Waals surface area contributed by atoms with E-state index in [0.717, 1.165) is 5.56 Å². The lowest BCUT2D eigenvalue weighted by molar-refractivity contribution is -0.0720. The number of aliphatic hydroxyl groups is 1. The van der Waals surface area contributed by atoms with Crippen LogP contribution in [0.5, 0.6) is 0 Å². The number of urea groups is 1. The van der Waals surface area contributed by atoms with Crippen molar-refractivity contribution in [2.75, 3.05) is 25.0 Å². The second-order valence-electron chi connectivity index (χ2n) is 5.76. The summed E-state index contributed by atoms with van der Waals surface area (Å²) in [6.07, 6.45) is -0.547. The Hall–Kier alpha value is -1.59. The first-order valence-corrected chi connectivity index (χ1v) is 6.85. The average molecular weight is 278 g/mol. The number of nitrogens with zero attached hydrogens (tertiary/aromatic N) is 1. The molecule has 0 aromatic heterocycles. The van der Waals surface area contributed by atoms with Gasteiger partial charge >= 0.3 is 6.03 Å². The zero-order valence-corrected chi connectivity index (χ0v) is 12.2. The van der Waals surface area contributed by atoms with E-state index in [2.05, 4.69) is 5.32 Å². The summed E-state index contributed by atoms with van der Waals surface area (Å²) < 4.78 is 5.59. The van der Waals surface area contributed by atoms with Crippen LogP contribution in [0.2, 0.25) is 0 Å². The molecule has 1 aliphatic rings. The SMILES string of the molecule is CC(O)c1cccc(NC(=O)N2CCOC(C)(C)C2)c1. The molecule has 0 saturated carbocycles. The van der Waals surface area contributed by atoms with Crippen LogP contribution in [-0.4, -0.2) is 41.3 Å². The Morgan fingerprint density at radius 1 is 1.50 bits per heavy atom. The van der Waals surface area contributed by atoms with Crippen molar-refractivity contribution in [3.63, 3.8) is 0 Å². The number of carbonyl (C=O) groups is 1. The van der Waals surface area contributed by atoms with Crippen molar-refractivity contribution < 1.29 is 14.6 Å². The summed E-state index contributed by atoms with van der Waals surface area (Å²) in [5, 5.41) is 12.4. The molecule has 1 aromatic carbocycles. The monoisotopic (exact) mass is 278 g/mol. The molecule has 0 radical (unpaired) electrons. The van der Waals surface area contributed by atoms with Crippen LogP contribution in [0.4, 0.5) is 10.5 Å². The summed E-state index contributed by atoms with van der Waals surface area (Å²) in [7, 11) is 0. The second-order valence-corrected chi connectivity index (χ2v) is 5.76. The highest BCUT2D eigenvalue weighted by atomic mass is 16.5. The molecule has 5 heteroatoms. The molecule has 1 fully saturated rings. The predicted molar refractivity (Wildman–Crippen MR) is 77.7 cm³/mol. The Balaban J connectivity index is 2.02. The van der Waals surface area contributed by atoms with Gasteiger partial charge in [-0.05, 0) is 38.5 Å². The van der Waals surface area contributed by atoms with E-state index in [1.54, 1.807) is 17.9 Å². The Morgan fingerprint density at radius 2 is 2.25 bits per heavy atom. The van der Waals surface area contributed by atoms with Gasteiger partial charge in [0, 0.05) is 12.2 Å². The Morgan fingerprint density at radius 3 is 2.90 bits per heavy atom. The van der Waals surface area contributed by atoms with Gasteiger partial charge in [0.1, 0.15) is 0 Å². The van der Waals surface area contributed by atoms with Crippen LogP contribution in [0.25, 0.3) is 0 Å². The van der Waals surface area contributed by atoms with Crippen molar-refractivity contribution in [2.45, 2.75) is 32.5 Å². The van der Waals surface area contributed by atoms with Gasteiger partial charge in [-0.15, -0.1) is 0 Å².